The van der Waals surface area contributed by atoms with E-state index in [1.54, 1.807) is 0 Å². The molecule has 4 aromatic rings. The zero-order valence-corrected chi connectivity index (χ0v) is 30.2. The number of nitrogens with two attached hydrogens (primary N) is 2. The quantitative estimate of drug-likeness (QED) is 0.141. The first-order valence-electron chi connectivity index (χ1n) is 15.8. The van der Waals surface area contributed by atoms with E-state index in [1.165, 1.54) is 17.4 Å². The van der Waals surface area contributed by atoms with Crippen LogP contribution in [0.2, 0.25) is 0 Å². The Labute approximate surface area is 304 Å². The Bertz CT molecular complexity index is 1540. The first-order valence-corrected chi connectivity index (χ1v) is 19.5. The summed E-state index contributed by atoms with van der Waals surface area (Å²) in [5, 5.41) is 44.6. The summed E-state index contributed by atoms with van der Waals surface area (Å²) >= 11 is -2.77. The number of aliphatic carboxylic acids is 4. The van der Waals surface area contributed by atoms with Crippen LogP contribution in [0.4, 0.5) is 0 Å². The van der Waals surface area contributed by atoms with Crippen LogP contribution in [-0.4, -0.2) is 48.5 Å². The number of carboxylic acid groups (broad SMARTS) is 4. The van der Waals surface area contributed by atoms with Crippen molar-refractivity contribution in [2.24, 2.45) is 16.9 Å². The fourth-order valence-electron chi connectivity index (χ4n) is 7.48. The number of carbonyl (C=O) groups is 4. The molecule has 0 saturated heterocycles. The molecule has 10 nitrogen and oxygen atoms in total. The van der Waals surface area contributed by atoms with Gasteiger partial charge in [0.2, 0.25) is 0 Å². The van der Waals surface area contributed by atoms with Crippen LogP contribution in [0, 0.1) is 5.41 Å². The molecule has 1 saturated carbocycles. The van der Waals surface area contributed by atoms with Gasteiger partial charge in [0.05, 0.1) is 0 Å². The van der Waals surface area contributed by atoms with Crippen LogP contribution in [0.15, 0.2) is 121 Å². The average Bonchev–Trinajstić information content (AvgIpc) is 3.05. The van der Waals surface area contributed by atoms with Crippen LogP contribution in [0.5, 0.6) is 0 Å². The topological polar surface area (TPSA) is 213 Å². The van der Waals surface area contributed by atoms with Gasteiger partial charge in [0, 0.05) is 53.2 Å². The molecule has 1 aliphatic rings. The fraction of sp³-hybridized carbons (Fsp3) is 0.263. The van der Waals surface area contributed by atoms with Crippen LogP contribution in [0.25, 0.3) is 0 Å². The van der Waals surface area contributed by atoms with Gasteiger partial charge in [0.15, 0.2) is 0 Å². The van der Waals surface area contributed by atoms with Crippen molar-refractivity contribution in [3.8, 4) is 0 Å². The summed E-state index contributed by atoms with van der Waals surface area (Å²) in [6, 6.07) is 44.2. The SMILES string of the molecule is NC1(CC(=O)[O-])CCCC(N)(CC(=O)[O-])C1(CC(=O)[O-])CC(=O)[O-].[Fe+3].c1ccc([As+](c2ccccc2)(c2ccccc2)c2ccccc2)cc1. The third kappa shape index (κ3) is 8.37. The predicted molar refractivity (Wildman–Crippen MR) is 179 cm³/mol. The van der Waals surface area contributed by atoms with E-state index in [0.29, 0.717) is 0 Å². The molecule has 1 radical (unpaired) electrons. The molecule has 261 valence electrons. The maximum atomic E-state index is 11.2. The molecule has 0 aromatic heterocycles. The number of hydrogen-bond acceptors (Lipinski definition) is 10. The van der Waals surface area contributed by atoms with Gasteiger partial charge in [-0.2, -0.15) is 0 Å². The van der Waals surface area contributed by atoms with E-state index < -0.39 is 79.6 Å². The van der Waals surface area contributed by atoms with Gasteiger partial charge < -0.3 is 51.1 Å². The van der Waals surface area contributed by atoms with Gasteiger partial charge >= 0.3 is 169 Å². The van der Waals surface area contributed by atoms with E-state index in [1.807, 2.05) is 0 Å². The Morgan fingerprint density at radius 2 is 0.720 bits per heavy atom. The molecule has 2 atom stereocenters. The molecule has 0 spiro atoms. The molecule has 12 heteroatoms. The van der Waals surface area contributed by atoms with E-state index in [2.05, 4.69) is 121 Å². The van der Waals surface area contributed by atoms with Crippen molar-refractivity contribution in [1.29, 1.82) is 0 Å². The normalized spacial score (nSPS) is 19.5. The average molecular weight is 781 g/mol. The number of benzene rings is 4. The number of hydrogen-bond donors (Lipinski definition) is 2. The van der Waals surface area contributed by atoms with Gasteiger partial charge in [-0.3, -0.25) is 0 Å². The standard InChI is InChI=1S/C24H20As.C14H22N2O8.Fe/c1-5-13-21(14-6-1)25(22-15-7-2-8-16-22,23-17-9-3-10-18-23)24-19-11-4-12-20-24;15-13(6-10(21)22)2-1-3-14(16,7-11(23)24)12(13,4-8(17)18)5-9(19)20;/h1-20H;1-7,15-16H2,(H,17,18)(H,19,20)(H,21,22)(H,23,24);/q+1;;+3/p-4. The first-order chi connectivity index (χ1) is 23.3. The third-order valence-corrected chi connectivity index (χ3v) is 18.5. The van der Waals surface area contributed by atoms with Crippen LogP contribution >= 0.6 is 0 Å². The summed E-state index contributed by atoms with van der Waals surface area (Å²) in [6.45, 7) is 0. The van der Waals surface area contributed by atoms with Crippen molar-refractivity contribution in [2.45, 2.75) is 56.0 Å². The van der Waals surface area contributed by atoms with Crippen molar-refractivity contribution in [3.63, 3.8) is 0 Å². The zero-order chi connectivity index (χ0) is 35.7. The zero-order valence-electron chi connectivity index (χ0n) is 27.2. The Morgan fingerprint density at radius 3 is 0.940 bits per heavy atom. The molecule has 0 heterocycles. The second-order valence-corrected chi connectivity index (χ2v) is 19.6. The van der Waals surface area contributed by atoms with E-state index in [0.717, 1.165) is 0 Å². The second-order valence-electron chi connectivity index (χ2n) is 12.5. The Balaban J connectivity index is 0.000000266. The molecule has 4 aromatic carbocycles. The second kappa shape index (κ2) is 17.1. The number of carbonyl (C=O) groups excluding carboxylic acids is 4. The summed E-state index contributed by atoms with van der Waals surface area (Å²) in [7, 11) is 0. The third-order valence-electron chi connectivity index (χ3n) is 9.54. The molecular weight excluding hydrogens is 743 g/mol. The van der Waals surface area contributed by atoms with Crippen molar-refractivity contribution < 1.29 is 56.7 Å². The van der Waals surface area contributed by atoms with E-state index >= 15 is 0 Å². The van der Waals surface area contributed by atoms with Gasteiger partial charge in [-0.15, -0.1) is 0 Å². The Hall–Kier alpha value is -4.24. The van der Waals surface area contributed by atoms with Crippen LogP contribution in [0.3, 0.4) is 0 Å². The molecular formula is C38H38AsFeN2O8. The molecule has 1 fully saturated rings. The molecule has 5 rings (SSSR count). The maximum absolute atomic E-state index is 11.2. The van der Waals surface area contributed by atoms with Crippen molar-refractivity contribution in [1.82, 2.24) is 0 Å². The summed E-state index contributed by atoms with van der Waals surface area (Å²) in [4.78, 5) is 44.6. The Morgan fingerprint density at radius 1 is 0.480 bits per heavy atom. The van der Waals surface area contributed by atoms with Crippen LogP contribution in [-0.2, 0) is 36.2 Å². The molecule has 4 N–H and O–H groups in total. The molecule has 1 aliphatic carbocycles. The summed E-state index contributed by atoms with van der Waals surface area (Å²) in [5.41, 5.74) is 6.22. The summed E-state index contributed by atoms with van der Waals surface area (Å²) < 4.78 is 5.79. The summed E-state index contributed by atoms with van der Waals surface area (Å²) in [5.74, 6) is -6.76. The monoisotopic (exact) mass is 781 g/mol. The number of rotatable bonds is 12. The molecule has 50 heavy (non-hydrogen) atoms. The first kappa shape index (κ1) is 40.2. The number of carboxylic acids is 4. The van der Waals surface area contributed by atoms with Crippen molar-refractivity contribution >= 4 is 54.8 Å². The minimum absolute atomic E-state index is 0. The molecule has 0 bridgehead atoms. The van der Waals surface area contributed by atoms with Crippen molar-refractivity contribution in [2.75, 3.05) is 0 Å². The molecule has 2 unspecified atom stereocenters. The van der Waals surface area contributed by atoms with Gasteiger partial charge in [-0.05, 0) is 32.1 Å². The predicted octanol–water partition coefficient (Wildman–Crippen LogP) is -2.83. The molecule has 0 aliphatic heterocycles. The van der Waals surface area contributed by atoms with Gasteiger partial charge in [-0.1, -0.05) is 0 Å². The fourth-order valence-corrected chi connectivity index (χ4v) is 16.4. The van der Waals surface area contributed by atoms with E-state index in [4.69, 9.17) is 11.5 Å². The Kier molecular flexibility index (Phi) is 13.8. The van der Waals surface area contributed by atoms with E-state index in [9.17, 15) is 39.6 Å². The minimum atomic E-state index is -2.77. The molecule has 0 amide bonds. The summed E-state index contributed by atoms with van der Waals surface area (Å²) in [6.07, 6.45) is -3.82. The van der Waals surface area contributed by atoms with Crippen LogP contribution in [0.1, 0.15) is 44.9 Å². The van der Waals surface area contributed by atoms with Gasteiger partial charge in [-0.25, -0.2) is 0 Å². The van der Waals surface area contributed by atoms with Gasteiger partial charge in [0.25, 0.3) is 0 Å². The van der Waals surface area contributed by atoms with Crippen LogP contribution < -0.4 is 49.3 Å². The van der Waals surface area contributed by atoms with Gasteiger partial charge in [0.1, 0.15) is 0 Å². The van der Waals surface area contributed by atoms with Crippen molar-refractivity contribution in [3.05, 3.63) is 121 Å². The van der Waals surface area contributed by atoms with E-state index in [-0.39, 0.29) is 36.3 Å².